The van der Waals surface area contributed by atoms with Gasteiger partial charge in [-0.25, -0.2) is 0 Å². The van der Waals surface area contributed by atoms with Gasteiger partial charge in [-0.1, -0.05) is 0 Å². The fourth-order valence-corrected chi connectivity index (χ4v) is 2.02. The molecule has 0 bridgehead atoms. The Kier molecular flexibility index (Phi) is 5.26. The summed E-state index contributed by atoms with van der Waals surface area (Å²) in [7, 11) is 0. The van der Waals surface area contributed by atoms with Crippen molar-refractivity contribution < 1.29 is 20.2 Å². The molecule has 0 aromatic heterocycles. The van der Waals surface area contributed by atoms with E-state index in [1.165, 1.54) is 18.2 Å². The van der Waals surface area contributed by atoms with Gasteiger partial charge in [0.1, 0.15) is 5.54 Å². The van der Waals surface area contributed by atoms with Gasteiger partial charge in [-0.2, -0.15) is 0 Å². The Morgan fingerprint density at radius 3 is 2.22 bits per heavy atom. The van der Waals surface area contributed by atoms with E-state index in [4.69, 9.17) is 15.3 Å². The summed E-state index contributed by atoms with van der Waals surface area (Å²) in [6.07, 6.45) is 0. The average Bonchev–Trinajstić information content (AvgIpc) is 2.36. The van der Waals surface area contributed by atoms with Gasteiger partial charge >= 0.3 is 0 Å². The maximum Gasteiger partial charge on any atom is 0.282 e. The minimum absolute atomic E-state index is 0.0243. The first kappa shape index (κ1) is 15.1. The van der Waals surface area contributed by atoms with Crippen molar-refractivity contribution in [2.45, 2.75) is 5.54 Å². The van der Waals surface area contributed by atoms with Gasteiger partial charge in [0.2, 0.25) is 0 Å². The lowest BCUT2D eigenvalue weighted by Crippen LogP contribution is -2.49. The standard InChI is InChI=1S/C10H13IN2O5/c11-8-3-7(1-2-9(8)13(17)18)12-10(4-14,5-15)6-16/h1-3,12,14-16H,4-6H2. The van der Waals surface area contributed by atoms with E-state index in [2.05, 4.69) is 5.32 Å². The Balaban J connectivity index is 2.98. The Hall–Kier alpha value is -0.970. The molecule has 0 fully saturated rings. The van der Waals surface area contributed by atoms with Gasteiger partial charge in [-0.3, -0.25) is 10.1 Å². The molecule has 0 aliphatic heterocycles. The third kappa shape index (κ3) is 3.28. The van der Waals surface area contributed by atoms with Crippen molar-refractivity contribution in [1.29, 1.82) is 0 Å². The zero-order valence-corrected chi connectivity index (χ0v) is 11.5. The summed E-state index contributed by atoms with van der Waals surface area (Å²) in [6.45, 7) is -1.39. The number of nitrogens with one attached hydrogen (secondary N) is 1. The van der Waals surface area contributed by atoms with Crippen LogP contribution in [-0.2, 0) is 0 Å². The molecule has 0 heterocycles. The quantitative estimate of drug-likeness (QED) is 0.327. The number of hydrogen-bond acceptors (Lipinski definition) is 6. The van der Waals surface area contributed by atoms with Gasteiger partial charge in [0.25, 0.3) is 5.69 Å². The molecule has 0 saturated heterocycles. The molecular weight excluding hydrogens is 355 g/mol. The first-order valence-electron chi connectivity index (χ1n) is 5.03. The van der Waals surface area contributed by atoms with E-state index in [0.29, 0.717) is 9.26 Å². The van der Waals surface area contributed by atoms with Crippen LogP contribution in [-0.4, -0.2) is 45.6 Å². The molecule has 18 heavy (non-hydrogen) atoms. The molecule has 0 unspecified atom stereocenters. The van der Waals surface area contributed by atoms with E-state index in [1.807, 2.05) is 22.6 Å². The molecule has 0 saturated carbocycles. The largest absolute Gasteiger partial charge is 0.394 e. The maximum atomic E-state index is 10.6. The van der Waals surface area contributed by atoms with Crippen molar-refractivity contribution in [2.75, 3.05) is 25.1 Å². The predicted molar refractivity (Wildman–Crippen MR) is 73.4 cm³/mol. The molecule has 0 aliphatic rings. The summed E-state index contributed by atoms with van der Waals surface area (Å²) < 4.78 is 0.422. The van der Waals surface area contributed by atoms with Crippen LogP contribution in [0.4, 0.5) is 11.4 Å². The summed E-state index contributed by atoms with van der Waals surface area (Å²) >= 11 is 1.82. The normalized spacial score (nSPS) is 11.3. The van der Waals surface area contributed by atoms with E-state index in [9.17, 15) is 10.1 Å². The molecule has 8 heteroatoms. The van der Waals surface area contributed by atoms with Crippen molar-refractivity contribution >= 4 is 34.0 Å². The highest BCUT2D eigenvalue weighted by atomic mass is 127. The summed E-state index contributed by atoms with van der Waals surface area (Å²) in [6, 6.07) is 4.28. The molecular formula is C10H13IN2O5. The number of rotatable bonds is 6. The van der Waals surface area contributed by atoms with Crippen LogP contribution in [0.1, 0.15) is 0 Å². The second-order valence-electron chi connectivity index (χ2n) is 3.80. The minimum Gasteiger partial charge on any atom is -0.394 e. The van der Waals surface area contributed by atoms with Gasteiger partial charge in [0.05, 0.1) is 28.3 Å². The Labute approximate surface area is 117 Å². The minimum atomic E-state index is -1.25. The fraction of sp³-hybridized carbons (Fsp3) is 0.400. The molecule has 0 atom stereocenters. The molecule has 100 valence electrons. The topological polar surface area (TPSA) is 116 Å². The highest BCUT2D eigenvalue weighted by Crippen LogP contribution is 2.25. The van der Waals surface area contributed by atoms with E-state index in [0.717, 1.165) is 0 Å². The first-order valence-corrected chi connectivity index (χ1v) is 6.10. The van der Waals surface area contributed by atoms with Crippen LogP contribution in [0.2, 0.25) is 0 Å². The Morgan fingerprint density at radius 1 is 1.28 bits per heavy atom. The number of aliphatic hydroxyl groups is 3. The number of halogens is 1. The summed E-state index contributed by atoms with van der Waals surface area (Å²) in [5, 5.41) is 40.9. The molecule has 4 N–H and O–H groups in total. The van der Waals surface area contributed by atoms with E-state index in [1.54, 1.807) is 0 Å². The Bertz CT molecular complexity index is 428. The predicted octanol–water partition coefficient (Wildman–Crippen LogP) is 0.327. The first-order chi connectivity index (χ1) is 8.48. The number of benzene rings is 1. The number of nitro benzene ring substituents is 1. The van der Waals surface area contributed by atoms with Gasteiger partial charge in [0.15, 0.2) is 0 Å². The van der Waals surface area contributed by atoms with Crippen molar-refractivity contribution in [1.82, 2.24) is 0 Å². The van der Waals surface area contributed by atoms with Gasteiger partial charge < -0.3 is 20.6 Å². The van der Waals surface area contributed by atoms with E-state index < -0.39 is 30.3 Å². The lowest BCUT2D eigenvalue weighted by Gasteiger charge is -2.29. The Morgan fingerprint density at radius 2 is 1.83 bits per heavy atom. The summed E-state index contributed by atoms with van der Waals surface area (Å²) in [5.74, 6) is 0. The highest BCUT2D eigenvalue weighted by Gasteiger charge is 2.28. The fourth-order valence-electron chi connectivity index (χ4n) is 1.31. The van der Waals surface area contributed by atoms with Gasteiger partial charge in [-0.15, -0.1) is 0 Å². The molecule has 0 amide bonds. The van der Waals surface area contributed by atoms with Crippen LogP contribution in [0.15, 0.2) is 18.2 Å². The van der Waals surface area contributed by atoms with Crippen LogP contribution in [0.5, 0.6) is 0 Å². The number of hydrogen-bond donors (Lipinski definition) is 4. The van der Waals surface area contributed by atoms with Crippen molar-refractivity contribution in [3.63, 3.8) is 0 Å². The zero-order valence-electron chi connectivity index (χ0n) is 9.34. The lowest BCUT2D eigenvalue weighted by atomic mass is 10.0. The number of aliphatic hydroxyl groups excluding tert-OH is 3. The smallest absolute Gasteiger partial charge is 0.282 e. The molecule has 1 rings (SSSR count). The summed E-state index contributed by atoms with van der Waals surface area (Å²) in [5.41, 5.74) is -0.801. The van der Waals surface area contributed by atoms with E-state index in [-0.39, 0.29) is 5.69 Å². The number of anilines is 1. The van der Waals surface area contributed by atoms with Crippen LogP contribution in [0, 0.1) is 13.7 Å². The molecule has 1 aromatic carbocycles. The van der Waals surface area contributed by atoms with Crippen LogP contribution < -0.4 is 5.32 Å². The SMILES string of the molecule is O=[N+]([O-])c1ccc(NC(CO)(CO)CO)cc1I. The average molecular weight is 368 g/mol. The number of nitro groups is 1. The maximum absolute atomic E-state index is 10.6. The lowest BCUT2D eigenvalue weighted by molar-refractivity contribution is -0.385. The van der Waals surface area contributed by atoms with Gasteiger partial charge in [-0.05, 0) is 34.7 Å². The molecule has 0 radical (unpaired) electrons. The third-order valence-corrected chi connectivity index (χ3v) is 3.33. The number of nitrogens with zero attached hydrogens (tertiary/aromatic N) is 1. The second-order valence-corrected chi connectivity index (χ2v) is 4.97. The monoisotopic (exact) mass is 368 g/mol. The van der Waals surface area contributed by atoms with E-state index >= 15 is 0 Å². The van der Waals surface area contributed by atoms with Crippen LogP contribution in [0.3, 0.4) is 0 Å². The second kappa shape index (κ2) is 6.27. The van der Waals surface area contributed by atoms with Crippen molar-refractivity contribution in [3.05, 3.63) is 31.9 Å². The summed E-state index contributed by atoms with van der Waals surface area (Å²) in [4.78, 5) is 10.2. The van der Waals surface area contributed by atoms with Crippen molar-refractivity contribution in [2.24, 2.45) is 0 Å². The molecule has 1 aromatic rings. The van der Waals surface area contributed by atoms with Crippen LogP contribution >= 0.6 is 22.6 Å². The van der Waals surface area contributed by atoms with Gasteiger partial charge in [0, 0.05) is 11.8 Å². The molecule has 0 spiro atoms. The zero-order chi connectivity index (χ0) is 13.8. The van der Waals surface area contributed by atoms with Crippen LogP contribution in [0.25, 0.3) is 0 Å². The van der Waals surface area contributed by atoms with Crippen molar-refractivity contribution in [3.8, 4) is 0 Å². The molecule has 0 aliphatic carbocycles. The third-order valence-electron chi connectivity index (χ3n) is 2.46. The highest BCUT2D eigenvalue weighted by molar-refractivity contribution is 14.1. The molecule has 7 nitrogen and oxygen atoms in total.